The minimum atomic E-state index is -0.372. The average Bonchev–Trinajstić information content (AvgIpc) is 3.19. The SMILES string of the molecule is CC(=O)Nc1ccc(NC(=O)c2cnc3ccc(NCc4ccc(F)c(C)c4)nn23)cc1. The second-order valence-electron chi connectivity index (χ2n) is 7.28. The molecule has 0 fully saturated rings. The van der Waals surface area contributed by atoms with Crippen molar-refractivity contribution in [2.75, 3.05) is 16.0 Å². The van der Waals surface area contributed by atoms with Crippen LogP contribution in [-0.2, 0) is 11.3 Å². The van der Waals surface area contributed by atoms with Crippen LogP contribution in [0, 0.1) is 12.7 Å². The topological polar surface area (TPSA) is 100 Å². The summed E-state index contributed by atoms with van der Waals surface area (Å²) in [5, 5.41) is 13.1. The molecule has 0 spiro atoms. The zero-order chi connectivity index (χ0) is 22.7. The highest BCUT2D eigenvalue weighted by Crippen LogP contribution is 2.16. The quantitative estimate of drug-likeness (QED) is 0.428. The molecule has 9 heteroatoms. The van der Waals surface area contributed by atoms with Gasteiger partial charge in [0.15, 0.2) is 11.3 Å². The maximum atomic E-state index is 13.4. The molecule has 4 rings (SSSR count). The average molecular weight is 432 g/mol. The van der Waals surface area contributed by atoms with Crippen LogP contribution in [0.15, 0.2) is 60.8 Å². The van der Waals surface area contributed by atoms with Gasteiger partial charge in [0.05, 0.1) is 6.20 Å². The van der Waals surface area contributed by atoms with Gasteiger partial charge in [0, 0.05) is 24.8 Å². The van der Waals surface area contributed by atoms with Gasteiger partial charge in [0.25, 0.3) is 5.91 Å². The van der Waals surface area contributed by atoms with E-state index in [0.717, 1.165) is 5.56 Å². The number of carbonyl (C=O) groups is 2. The number of imidazole rings is 1. The molecule has 2 aromatic carbocycles. The predicted molar refractivity (Wildman–Crippen MR) is 120 cm³/mol. The number of halogens is 1. The van der Waals surface area contributed by atoms with Gasteiger partial charge >= 0.3 is 0 Å². The van der Waals surface area contributed by atoms with Crippen molar-refractivity contribution in [3.05, 3.63) is 83.4 Å². The van der Waals surface area contributed by atoms with E-state index < -0.39 is 0 Å². The highest BCUT2D eigenvalue weighted by molar-refractivity contribution is 6.03. The van der Waals surface area contributed by atoms with E-state index in [2.05, 4.69) is 26.0 Å². The summed E-state index contributed by atoms with van der Waals surface area (Å²) in [5.41, 5.74) is 3.49. The van der Waals surface area contributed by atoms with Crippen LogP contribution in [-0.4, -0.2) is 26.4 Å². The van der Waals surface area contributed by atoms with E-state index in [1.807, 2.05) is 0 Å². The molecule has 0 aliphatic rings. The maximum absolute atomic E-state index is 13.4. The van der Waals surface area contributed by atoms with Crippen LogP contribution in [0.2, 0.25) is 0 Å². The molecule has 32 heavy (non-hydrogen) atoms. The number of hydrogen-bond donors (Lipinski definition) is 3. The Hall–Kier alpha value is -4.27. The highest BCUT2D eigenvalue weighted by Gasteiger charge is 2.14. The summed E-state index contributed by atoms with van der Waals surface area (Å²) in [4.78, 5) is 28.1. The van der Waals surface area contributed by atoms with Crippen molar-refractivity contribution in [3.8, 4) is 0 Å². The first-order chi connectivity index (χ1) is 15.4. The molecule has 2 heterocycles. The molecule has 0 bridgehead atoms. The van der Waals surface area contributed by atoms with E-state index in [1.165, 1.54) is 23.7 Å². The van der Waals surface area contributed by atoms with E-state index in [4.69, 9.17) is 0 Å². The van der Waals surface area contributed by atoms with Crippen LogP contribution < -0.4 is 16.0 Å². The molecule has 162 valence electrons. The lowest BCUT2D eigenvalue weighted by Gasteiger charge is -2.09. The number of aromatic nitrogens is 3. The molecule has 8 nitrogen and oxygen atoms in total. The Morgan fingerprint density at radius 1 is 1.00 bits per heavy atom. The Morgan fingerprint density at radius 3 is 2.41 bits per heavy atom. The van der Waals surface area contributed by atoms with Crippen LogP contribution >= 0.6 is 0 Å². The number of nitrogens with zero attached hydrogens (tertiary/aromatic N) is 3. The summed E-state index contributed by atoms with van der Waals surface area (Å²) >= 11 is 0. The lowest BCUT2D eigenvalue weighted by atomic mass is 10.1. The highest BCUT2D eigenvalue weighted by atomic mass is 19.1. The van der Waals surface area contributed by atoms with Crippen LogP contribution in [0.25, 0.3) is 5.65 Å². The summed E-state index contributed by atoms with van der Waals surface area (Å²) < 4.78 is 14.9. The Kier molecular flexibility index (Phi) is 5.80. The Bertz CT molecular complexity index is 1300. The van der Waals surface area contributed by atoms with Crippen molar-refractivity contribution in [2.24, 2.45) is 0 Å². The summed E-state index contributed by atoms with van der Waals surface area (Å²) in [7, 11) is 0. The molecule has 3 N–H and O–H groups in total. The molecule has 2 aromatic heterocycles. The van der Waals surface area contributed by atoms with Crippen molar-refractivity contribution < 1.29 is 14.0 Å². The fourth-order valence-electron chi connectivity index (χ4n) is 3.17. The predicted octanol–water partition coefficient (Wildman–Crippen LogP) is 4.00. The zero-order valence-corrected chi connectivity index (χ0v) is 17.5. The maximum Gasteiger partial charge on any atom is 0.276 e. The molecular formula is C23H21FN6O2. The summed E-state index contributed by atoms with van der Waals surface area (Å²) in [6.45, 7) is 3.60. The first-order valence-corrected chi connectivity index (χ1v) is 9.92. The van der Waals surface area contributed by atoms with Gasteiger partial charge in [0.1, 0.15) is 11.6 Å². The summed E-state index contributed by atoms with van der Waals surface area (Å²) in [5.74, 6) is -0.237. The van der Waals surface area contributed by atoms with Gasteiger partial charge in [0.2, 0.25) is 5.91 Å². The van der Waals surface area contributed by atoms with Crippen molar-refractivity contribution >= 4 is 34.7 Å². The van der Waals surface area contributed by atoms with Gasteiger partial charge < -0.3 is 16.0 Å². The number of amides is 2. The van der Waals surface area contributed by atoms with Gasteiger partial charge in [-0.1, -0.05) is 12.1 Å². The van der Waals surface area contributed by atoms with Crippen LogP contribution in [0.1, 0.15) is 28.5 Å². The van der Waals surface area contributed by atoms with E-state index >= 15 is 0 Å². The minimum Gasteiger partial charge on any atom is -0.365 e. The van der Waals surface area contributed by atoms with Gasteiger partial charge in [-0.25, -0.2) is 13.9 Å². The second kappa shape index (κ2) is 8.84. The van der Waals surface area contributed by atoms with Crippen LogP contribution in [0.4, 0.5) is 21.6 Å². The molecule has 0 aliphatic heterocycles. The molecule has 0 aliphatic carbocycles. The van der Waals surface area contributed by atoms with Crippen LogP contribution in [0.5, 0.6) is 0 Å². The Labute approximate surface area is 183 Å². The Morgan fingerprint density at radius 2 is 1.72 bits per heavy atom. The number of benzene rings is 2. The molecule has 2 amide bonds. The van der Waals surface area contributed by atoms with E-state index in [9.17, 15) is 14.0 Å². The molecule has 0 saturated heterocycles. The largest absolute Gasteiger partial charge is 0.365 e. The molecule has 0 atom stereocenters. The fourth-order valence-corrected chi connectivity index (χ4v) is 3.17. The summed E-state index contributed by atoms with van der Waals surface area (Å²) in [6, 6.07) is 15.2. The molecule has 0 saturated carbocycles. The molecule has 4 aromatic rings. The van der Waals surface area contributed by atoms with Gasteiger partial charge in [-0.2, -0.15) is 0 Å². The normalized spacial score (nSPS) is 10.7. The monoisotopic (exact) mass is 432 g/mol. The lowest BCUT2D eigenvalue weighted by molar-refractivity contribution is -0.114. The third-order valence-electron chi connectivity index (χ3n) is 4.75. The lowest BCUT2D eigenvalue weighted by Crippen LogP contribution is -2.16. The number of rotatable bonds is 6. The fraction of sp³-hybridized carbons (Fsp3) is 0.130. The smallest absolute Gasteiger partial charge is 0.276 e. The Balaban J connectivity index is 1.48. The van der Waals surface area contributed by atoms with Crippen molar-refractivity contribution in [1.82, 2.24) is 14.6 Å². The standard InChI is InChI=1S/C23H21FN6O2/c1-14-11-16(3-8-19(14)24)12-25-21-9-10-22-26-13-20(30(22)29-21)23(32)28-18-6-4-17(5-7-18)27-15(2)31/h3-11,13H,12H2,1-2H3,(H,25,29)(H,27,31)(H,28,32). The first kappa shape index (κ1) is 21.0. The van der Waals surface area contributed by atoms with Crippen LogP contribution in [0.3, 0.4) is 0 Å². The minimum absolute atomic E-state index is 0.169. The van der Waals surface area contributed by atoms with Crippen molar-refractivity contribution in [1.29, 1.82) is 0 Å². The van der Waals surface area contributed by atoms with Crippen molar-refractivity contribution in [2.45, 2.75) is 20.4 Å². The second-order valence-corrected chi connectivity index (χ2v) is 7.28. The molecular weight excluding hydrogens is 411 g/mol. The van der Waals surface area contributed by atoms with Gasteiger partial charge in [-0.15, -0.1) is 5.10 Å². The van der Waals surface area contributed by atoms with Gasteiger partial charge in [-0.05, 0) is 60.5 Å². The van der Waals surface area contributed by atoms with Gasteiger partial charge in [-0.3, -0.25) is 9.59 Å². The number of nitrogens with one attached hydrogen (secondary N) is 3. The van der Waals surface area contributed by atoms with E-state index in [-0.39, 0.29) is 23.3 Å². The molecule has 0 unspecified atom stereocenters. The number of aryl methyl sites for hydroxylation is 1. The molecule has 0 radical (unpaired) electrons. The van der Waals surface area contributed by atoms with E-state index in [1.54, 1.807) is 55.5 Å². The summed E-state index contributed by atoms with van der Waals surface area (Å²) in [6.07, 6.45) is 1.45. The zero-order valence-electron chi connectivity index (χ0n) is 17.5. The van der Waals surface area contributed by atoms with Crippen molar-refractivity contribution in [3.63, 3.8) is 0 Å². The third kappa shape index (κ3) is 4.72. The third-order valence-corrected chi connectivity index (χ3v) is 4.75. The number of anilines is 3. The first-order valence-electron chi connectivity index (χ1n) is 9.92. The van der Waals surface area contributed by atoms with E-state index in [0.29, 0.717) is 34.9 Å². The number of fused-ring (bicyclic) bond motifs is 1. The number of hydrogen-bond acceptors (Lipinski definition) is 5. The number of carbonyl (C=O) groups excluding carboxylic acids is 2.